The van der Waals surface area contributed by atoms with E-state index in [1.807, 2.05) is 0 Å². The predicted octanol–water partition coefficient (Wildman–Crippen LogP) is 0.0835. The molecule has 0 spiro atoms. The average Bonchev–Trinajstić information content (AvgIpc) is 2.66. The van der Waals surface area contributed by atoms with Crippen LogP contribution in [0.3, 0.4) is 0 Å². The zero-order chi connectivity index (χ0) is 23.7. The molecule has 170 valence electrons. The molecule has 1 aromatic rings. The zero-order valence-electron chi connectivity index (χ0n) is 17.3. The van der Waals surface area contributed by atoms with Gasteiger partial charge in [-0.3, -0.25) is 9.59 Å². The molecule has 11 heteroatoms. The van der Waals surface area contributed by atoms with Crippen molar-refractivity contribution in [2.24, 2.45) is 28.6 Å². The number of hydrogen-bond acceptors (Lipinski definition) is 10. The first kappa shape index (κ1) is 21.7. The lowest BCUT2D eigenvalue weighted by Crippen LogP contribution is -2.57. The maximum atomic E-state index is 13.4. The number of amides is 1. The predicted molar refractivity (Wildman–Crippen MR) is 110 cm³/mol. The van der Waals surface area contributed by atoms with E-state index in [9.17, 15) is 40.3 Å². The number of nitrogens with zero attached hydrogens (tertiary/aromatic N) is 2. The minimum atomic E-state index is -3.13. The monoisotopic (exact) mass is 445 g/mol. The van der Waals surface area contributed by atoms with Gasteiger partial charge < -0.3 is 41.4 Å². The highest BCUT2D eigenvalue weighted by atomic mass is 16.5. The van der Waals surface area contributed by atoms with Gasteiger partial charge in [-0.1, -0.05) is 5.16 Å². The van der Waals surface area contributed by atoms with Crippen LogP contribution >= 0.6 is 0 Å². The number of hydrogen-bond donors (Lipinski definition) is 7. The van der Waals surface area contributed by atoms with Gasteiger partial charge >= 0.3 is 0 Å². The number of carbonyl (C=O) groups excluding carboxylic acids is 2. The van der Waals surface area contributed by atoms with Crippen molar-refractivity contribution >= 4 is 23.1 Å². The van der Waals surface area contributed by atoms with Gasteiger partial charge in [0.1, 0.15) is 22.8 Å². The highest BCUT2D eigenvalue weighted by Crippen LogP contribution is 2.53. The Balaban J connectivity index is 1.96. The summed E-state index contributed by atoms with van der Waals surface area (Å²) >= 11 is 0. The van der Waals surface area contributed by atoms with Gasteiger partial charge in [-0.15, -0.1) is 0 Å². The molecule has 0 aromatic heterocycles. The summed E-state index contributed by atoms with van der Waals surface area (Å²) < 4.78 is 0. The Labute approximate surface area is 182 Å². The molecule has 0 bridgehead atoms. The fourth-order valence-corrected chi connectivity index (χ4v) is 5.29. The quantitative estimate of drug-likeness (QED) is 0.187. The summed E-state index contributed by atoms with van der Waals surface area (Å²) in [6.07, 6.45) is 0.192. The molecule has 3 aliphatic carbocycles. The van der Waals surface area contributed by atoms with E-state index < -0.39 is 58.0 Å². The van der Waals surface area contributed by atoms with Gasteiger partial charge in [0.2, 0.25) is 5.79 Å². The Kier molecular flexibility index (Phi) is 4.72. The van der Waals surface area contributed by atoms with Crippen molar-refractivity contribution in [3.63, 3.8) is 0 Å². The summed E-state index contributed by atoms with van der Waals surface area (Å²) in [6, 6.07) is 3.02. The van der Waals surface area contributed by atoms with Gasteiger partial charge in [-0.05, 0) is 36.5 Å². The lowest BCUT2D eigenvalue weighted by Gasteiger charge is -2.46. The summed E-state index contributed by atoms with van der Waals surface area (Å²) in [6.45, 7) is 0. The first-order valence-corrected chi connectivity index (χ1v) is 9.83. The molecule has 11 nitrogen and oxygen atoms in total. The number of carbonyl (C=O) groups is 2. The molecule has 1 aromatic carbocycles. The van der Waals surface area contributed by atoms with Crippen molar-refractivity contribution < 1.29 is 40.3 Å². The van der Waals surface area contributed by atoms with Gasteiger partial charge in [-0.2, -0.15) is 0 Å². The Morgan fingerprint density at radius 1 is 1.22 bits per heavy atom. The van der Waals surface area contributed by atoms with E-state index in [0.717, 1.165) is 0 Å². The van der Waals surface area contributed by atoms with Crippen molar-refractivity contribution in [1.82, 2.24) is 0 Å². The normalized spacial score (nSPS) is 27.7. The summed E-state index contributed by atoms with van der Waals surface area (Å²) in [4.78, 5) is 27.0. The first-order chi connectivity index (χ1) is 14.9. The molecule has 0 aliphatic heterocycles. The van der Waals surface area contributed by atoms with Crippen LogP contribution in [0.25, 0.3) is 0 Å². The molecule has 3 atom stereocenters. The van der Waals surface area contributed by atoms with Crippen LogP contribution in [0, 0.1) is 17.8 Å². The third-order valence-corrected chi connectivity index (χ3v) is 6.58. The van der Waals surface area contributed by atoms with Crippen LogP contribution in [0.1, 0.15) is 22.3 Å². The second-order valence-electron chi connectivity index (χ2n) is 8.50. The summed E-state index contributed by atoms with van der Waals surface area (Å²) in [5.41, 5.74) is 4.77. The van der Waals surface area contributed by atoms with E-state index in [1.165, 1.54) is 6.07 Å². The number of aliphatic hydroxyl groups excluding tert-OH is 2. The van der Waals surface area contributed by atoms with Crippen LogP contribution in [0.15, 0.2) is 40.0 Å². The lowest BCUT2D eigenvalue weighted by atomic mass is 9.60. The minimum Gasteiger partial charge on any atom is -0.511 e. The van der Waals surface area contributed by atoms with E-state index >= 15 is 0 Å². The third kappa shape index (κ3) is 2.71. The number of oxime groups is 1. The SMILES string of the molecule is CN(C)c1ccc(O)c2c1CC1CC3/C(=N/O)C(O)=C(C(N)=O)C(O)(O)C3C(O)=C1C2=O. The number of nitrogens with two attached hydrogens (primary N) is 1. The van der Waals surface area contributed by atoms with Crippen molar-refractivity contribution in [1.29, 1.82) is 0 Å². The van der Waals surface area contributed by atoms with Gasteiger partial charge in [0, 0.05) is 31.3 Å². The molecule has 8 N–H and O–H groups in total. The number of fused-ring (bicyclic) bond motifs is 3. The first-order valence-electron chi connectivity index (χ1n) is 9.83. The summed E-state index contributed by atoms with van der Waals surface area (Å²) in [7, 11) is 3.54. The molecule has 0 saturated heterocycles. The van der Waals surface area contributed by atoms with Gasteiger partial charge in [0.15, 0.2) is 11.5 Å². The molecule has 3 aliphatic rings. The molecule has 0 saturated carbocycles. The number of primary amides is 1. The number of benzene rings is 1. The lowest BCUT2D eigenvalue weighted by molar-refractivity contribution is -0.184. The Morgan fingerprint density at radius 2 is 1.88 bits per heavy atom. The standard InChI is InChI=1S/C21H23N3O8/c1-24(2)10-3-4-11(25)13-8(10)5-7-6-9-14(18(27)12(7)17(13)26)21(30,31)15(20(22)29)19(28)16(9)23-32/h3-4,7,9,14,25,27-28,30-32H,5-6H2,1-2H3,(H2,22,29)/b23-16-. The fraction of sp³-hybridized carbons (Fsp3) is 0.381. The van der Waals surface area contributed by atoms with Crippen LogP contribution in [-0.4, -0.2) is 68.0 Å². The maximum Gasteiger partial charge on any atom is 0.253 e. The third-order valence-electron chi connectivity index (χ3n) is 6.58. The molecule has 0 radical (unpaired) electrons. The number of ketones is 1. The van der Waals surface area contributed by atoms with Crippen LogP contribution in [0.5, 0.6) is 5.75 Å². The second-order valence-corrected chi connectivity index (χ2v) is 8.50. The Hall–Kier alpha value is -3.57. The van der Waals surface area contributed by atoms with Gasteiger partial charge in [0.25, 0.3) is 5.91 Å². The number of rotatable bonds is 2. The van der Waals surface area contributed by atoms with Crippen LogP contribution in [-0.2, 0) is 11.2 Å². The van der Waals surface area contributed by atoms with Crippen LogP contribution < -0.4 is 10.6 Å². The highest BCUT2D eigenvalue weighted by Gasteiger charge is 2.59. The number of aliphatic hydroxyl groups is 4. The molecule has 0 fully saturated rings. The largest absolute Gasteiger partial charge is 0.511 e. The summed E-state index contributed by atoms with van der Waals surface area (Å²) in [5.74, 6) is -10.7. The molecule has 3 unspecified atom stereocenters. The van der Waals surface area contributed by atoms with E-state index in [2.05, 4.69) is 5.16 Å². The zero-order valence-corrected chi connectivity index (χ0v) is 17.3. The van der Waals surface area contributed by atoms with Gasteiger partial charge in [0.05, 0.1) is 11.5 Å². The van der Waals surface area contributed by atoms with Crippen LogP contribution in [0.4, 0.5) is 5.69 Å². The van der Waals surface area contributed by atoms with Gasteiger partial charge in [-0.25, -0.2) is 0 Å². The topological polar surface area (TPSA) is 197 Å². The van der Waals surface area contributed by atoms with Crippen LogP contribution in [0.2, 0.25) is 0 Å². The maximum absolute atomic E-state index is 13.4. The highest BCUT2D eigenvalue weighted by molar-refractivity contribution is 6.15. The number of Topliss-reactive ketones (excluding diaryl/α,β-unsaturated/α-hetero) is 1. The molecule has 4 rings (SSSR count). The smallest absolute Gasteiger partial charge is 0.253 e. The van der Waals surface area contributed by atoms with E-state index in [-0.39, 0.29) is 29.7 Å². The number of allylic oxidation sites excluding steroid dienone is 2. The summed E-state index contributed by atoms with van der Waals surface area (Å²) in [5, 5.41) is 65.8. The molecule has 32 heavy (non-hydrogen) atoms. The molecule has 0 heterocycles. The van der Waals surface area contributed by atoms with Crippen molar-refractivity contribution in [3.05, 3.63) is 45.9 Å². The van der Waals surface area contributed by atoms with E-state index in [4.69, 9.17) is 5.73 Å². The second kappa shape index (κ2) is 6.97. The minimum absolute atomic E-state index is 0.00528. The number of anilines is 1. The fourth-order valence-electron chi connectivity index (χ4n) is 5.29. The van der Waals surface area contributed by atoms with E-state index in [0.29, 0.717) is 11.3 Å². The van der Waals surface area contributed by atoms with Crippen molar-refractivity contribution in [2.75, 3.05) is 19.0 Å². The molecular formula is C21H23N3O8. The number of phenols is 1. The van der Waals surface area contributed by atoms with Crippen molar-refractivity contribution in [2.45, 2.75) is 18.6 Å². The Morgan fingerprint density at radius 3 is 2.44 bits per heavy atom. The van der Waals surface area contributed by atoms with Crippen molar-refractivity contribution in [3.8, 4) is 5.75 Å². The van der Waals surface area contributed by atoms with E-state index in [1.54, 1.807) is 25.1 Å². The molecular weight excluding hydrogens is 422 g/mol. The number of aromatic hydroxyl groups is 1. The number of phenolic OH excluding ortho intramolecular Hbond substituents is 1. The Bertz CT molecular complexity index is 1150. The molecule has 1 amide bonds. The average molecular weight is 445 g/mol.